The lowest BCUT2D eigenvalue weighted by Gasteiger charge is -2.32. The van der Waals surface area contributed by atoms with Gasteiger partial charge in [-0.3, -0.25) is 9.69 Å². The first-order chi connectivity index (χ1) is 12.2. The van der Waals surface area contributed by atoms with Crippen molar-refractivity contribution in [1.82, 2.24) is 20.0 Å². The average Bonchev–Trinajstić information content (AvgIpc) is 3.12. The Hall–Kier alpha value is -2.38. The molecule has 2 heterocycles. The summed E-state index contributed by atoms with van der Waals surface area (Å²) >= 11 is 0. The highest BCUT2D eigenvalue weighted by atomic mass is 16.5. The number of nitrogens with one attached hydrogen (secondary N) is 1. The minimum absolute atomic E-state index is 0.230. The molecule has 1 aromatic heterocycles. The standard InChI is InChI=1S/C18H24N4O3/c1-14(21-8-10-25-11-9-21)12-19-18(23)17-16(24-2)13-22(20-17)15-6-4-3-5-7-15/h3-7,13-14H,8-12H2,1-2H3,(H,19,23). The SMILES string of the molecule is COc1cn(-c2ccccc2)nc1C(=O)NCC(C)N1CCOCC1. The van der Waals surface area contributed by atoms with Gasteiger partial charge in [0, 0.05) is 25.7 Å². The van der Waals surface area contributed by atoms with Gasteiger partial charge < -0.3 is 14.8 Å². The summed E-state index contributed by atoms with van der Waals surface area (Å²) in [6, 6.07) is 9.88. The molecular formula is C18H24N4O3. The van der Waals surface area contributed by atoms with E-state index >= 15 is 0 Å². The summed E-state index contributed by atoms with van der Waals surface area (Å²) in [6.07, 6.45) is 1.72. The third-order valence-corrected chi connectivity index (χ3v) is 4.36. The number of ether oxygens (including phenoxy) is 2. The van der Waals surface area contributed by atoms with Crippen LogP contribution in [0, 0.1) is 0 Å². The van der Waals surface area contributed by atoms with Crippen LogP contribution in [0.25, 0.3) is 5.69 Å². The maximum absolute atomic E-state index is 12.5. The van der Waals surface area contributed by atoms with E-state index in [0.717, 1.165) is 32.0 Å². The zero-order chi connectivity index (χ0) is 17.6. The lowest BCUT2D eigenvalue weighted by Crippen LogP contribution is -2.47. The second-order valence-corrected chi connectivity index (χ2v) is 6.03. The first-order valence-electron chi connectivity index (χ1n) is 8.48. The second-order valence-electron chi connectivity index (χ2n) is 6.03. The van der Waals surface area contributed by atoms with Gasteiger partial charge >= 0.3 is 0 Å². The molecule has 134 valence electrons. The summed E-state index contributed by atoms with van der Waals surface area (Å²) in [5.41, 5.74) is 1.17. The molecule has 0 aliphatic carbocycles. The number of nitrogens with zero attached hydrogens (tertiary/aromatic N) is 3. The summed E-state index contributed by atoms with van der Waals surface area (Å²) in [5, 5.41) is 7.35. The highest BCUT2D eigenvalue weighted by molar-refractivity contribution is 5.95. The van der Waals surface area contributed by atoms with E-state index in [1.54, 1.807) is 18.0 Å². The lowest BCUT2D eigenvalue weighted by molar-refractivity contribution is 0.0204. The highest BCUT2D eigenvalue weighted by Gasteiger charge is 2.21. The van der Waals surface area contributed by atoms with E-state index in [1.807, 2.05) is 30.3 Å². The molecule has 1 atom stereocenters. The Balaban J connectivity index is 1.66. The molecule has 0 bridgehead atoms. The molecule has 25 heavy (non-hydrogen) atoms. The van der Waals surface area contributed by atoms with Crippen molar-refractivity contribution in [2.75, 3.05) is 40.0 Å². The van der Waals surface area contributed by atoms with E-state index in [2.05, 4.69) is 22.2 Å². The van der Waals surface area contributed by atoms with Gasteiger partial charge in [0.15, 0.2) is 11.4 Å². The number of methoxy groups -OCH3 is 1. The Morgan fingerprint density at radius 3 is 2.72 bits per heavy atom. The van der Waals surface area contributed by atoms with Crippen LogP contribution in [0.3, 0.4) is 0 Å². The fraction of sp³-hybridized carbons (Fsp3) is 0.444. The average molecular weight is 344 g/mol. The van der Waals surface area contributed by atoms with E-state index in [9.17, 15) is 4.79 Å². The molecule has 1 unspecified atom stereocenters. The Bertz CT molecular complexity index is 696. The molecule has 1 fully saturated rings. The Kier molecular flexibility index (Phi) is 5.67. The topological polar surface area (TPSA) is 68.6 Å². The normalized spacial score (nSPS) is 16.4. The molecule has 1 aliphatic heterocycles. The van der Waals surface area contributed by atoms with Crippen molar-refractivity contribution in [3.63, 3.8) is 0 Å². The van der Waals surface area contributed by atoms with Gasteiger partial charge in [0.2, 0.25) is 0 Å². The number of carbonyl (C=O) groups excluding carboxylic acids is 1. The van der Waals surface area contributed by atoms with Crippen LogP contribution in [0.15, 0.2) is 36.5 Å². The Morgan fingerprint density at radius 1 is 1.32 bits per heavy atom. The van der Waals surface area contributed by atoms with Crippen LogP contribution in [0.2, 0.25) is 0 Å². The molecule has 1 aliphatic rings. The van der Waals surface area contributed by atoms with E-state index in [1.165, 1.54) is 0 Å². The van der Waals surface area contributed by atoms with Crippen LogP contribution in [0.4, 0.5) is 0 Å². The molecule has 1 N–H and O–H groups in total. The smallest absolute Gasteiger partial charge is 0.275 e. The second kappa shape index (κ2) is 8.13. The largest absolute Gasteiger partial charge is 0.493 e. The number of hydrogen-bond donors (Lipinski definition) is 1. The number of hydrogen-bond acceptors (Lipinski definition) is 5. The van der Waals surface area contributed by atoms with Gasteiger partial charge in [0.05, 0.1) is 32.2 Å². The van der Waals surface area contributed by atoms with Gasteiger partial charge in [-0.05, 0) is 19.1 Å². The maximum Gasteiger partial charge on any atom is 0.275 e. The van der Waals surface area contributed by atoms with Crippen molar-refractivity contribution in [2.24, 2.45) is 0 Å². The fourth-order valence-electron chi connectivity index (χ4n) is 2.85. The monoisotopic (exact) mass is 344 g/mol. The highest BCUT2D eigenvalue weighted by Crippen LogP contribution is 2.19. The van der Waals surface area contributed by atoms with Gasteiger partial charge in [0.25, 0.3) is 5.91 Å². The molecule has 0 radical (unpaired) electrons. The van der Waals surface area contributed by atoms with Crippen LogP contribution < -0.4 is 10.1 Å². The number of benzene rings is 1. The number of rotatable bonds is 6. The van der Waals surface area contributed by atoms with Crippen molar-refractivity contribution in [1.29, 1.82) is 0 Å². The molecule has 1 aromatic carbocycles. The predicted molar refractivity (Wildman–Crippen MR) is 94.3 cm³/mol. The van der Waals surface area contributed by atoms with Crippen molar-refractivity contribution in [2.45, 2.75) is 13.0 Å². The van der Waals surface area contributed by atoms with Crippen LogP contribution in [0.1, 0.15) is 17.4 Å². The minimum atomic E-state index is -0.230. The molecule has 1 saturated heterocycles. The van der Waals surface area contributed by atoms with Crippen molar-refractivity contribution < 1.29 is 14.3 Å². The summed E-state index contributed by atoms with van der Waals surface area (Å²) in [5.74, 6) is 0.229. The van der Waals surface area contributed by atoms with Crippen LogP contribution in [0.5, 0.6) is 5.75 Å². The Morgan fingerprint density at radius 2 is 2.04 bits per heavy atom. The molecule has 1 amide bonds. The molecule has 3 rings (SSSR count). The van der Waals surface area contributed by atoms with Gasteiger partial charge in [-0.1, -0.05) is 18.2 Å². The molecule has 2 aromatic rings. The van der Waals surface area contributed by atoms with Crippen molar-refractivity contribution in [3.8, 4) is 11.4 Å². The van der Waals surface area contributed by atoms with Gasteiger partial charge in [-0.15, -0.1) is 0 Å². The van der Waals surface area contributed by atoms with Crippen molar-refractivity contribution >= 4 is 5.91 Å². The van der Waals surface area contributed by atoms with Crippen molar-refractivity contribution in [3.05, 3.63) is 42.2 Å². The third-order valence-electron chi connectivity index (χ3n) is 4.36. The van der Waals surface area contributed by atoms with Crippen LogP contribution in [-0.2, 0) is 4.74 Å². The Labute approximate surface area is 147 Å². The first kappa shape index (κ1) is 17.4. The number of carbonyl (C=O) groups is 1. The fourth-order valence-corrected chi connectivity index (χ4v) is 2.85. The van der Waals surface area contributed by atoms with E-state index in [-0.39, 0.29) is 11.9 Å². The van der Waals surface area contributed by atoms with E-state index < -0.39 is 0 Å². The molecule has 0 spiro atoms. The number of morpholine rings is 1. The summed E-state index contributed by atoms with van der Waals surface area (Å²) < 4.78 is 12.3. The summed E-state index contributed by atoms with van der Waals surface area (Å²) in [7, 11) is 1.54. The number of aromatic nitrogens is 2. The third kappa shape index (κ3) is 4.18. The quantitative estimate of drug-likeness (QED) is 0.856. The molecule has 7 nitrogen and oxygen atoms in total. The number of amides is 1. The van der Waals surface area contributed by atoms with Crippen LogP contribution in [-0.4, -0.2) is 66.6 Å². The van der Waals surface area contributed by atoms with E-state index in [4.69, 9.17) is 9.47 Å². The molecule has 7 heteroatoms. The predicted octanol–water partition coefficient (Wildman–Crippen LogP) is 1.33. The van der Waals surface area contributed by atoms with Gasteiger partial charge in [-0.25, -0.2) is 4.68 Å². The van der Waals surface area contributed by atoms with Gasteiger partial charge in [-0.2, -0.15) is 5.10 Å². The summed E-state index contributed by atoms with van der Waals surface area (Å²) in [4.78, 5) is 14.9. The first-order valence-corrected chi connectivity index (χ1v) is 8.48. The number of para-hydroxylation sites is 1. The van der Waals surface area contributed by atoms with Crippen LogP contribution >= 0.6 is 0 Å². The maximum atomic E-state index is 12.5. The molecule has 0 saturated carbocycles. The zero-order valence-electron chi connectivity index (χ0n) is 14.6. The van der Waals surface area contributed by atoms with Gasteiger partial charge in [0.1, 0.15) is 0 Å². The molecular weight excluding hydrogens is 320 g/mol. The summed E-state index contributed by atoms with van der Waals surface area (Å²) in [6.45, 7) is 5.93. The minimum Gasteiger partial charge on any atom is -0.493 e. The zero-order valence-corrected chi connectivity index (χ0v) is 14.6. The van der Waals surface area contributed by atoms with E-state index in [0.29, 0.717) is 18.0 Å². The lowest BCUT2D eigenvalue weighted by atomic mass is 10.2.